The lowest BCUT2D eigenvalue weighted by molar-refractivity contribution is 0.669. The Bertz CT molecular complexity index is 2850. The van der Waals surface area contributed by atoms with E-state index >= 15 is 0 Å². The highest BCUT2D eigenvalue weighted by Crippen LogP contribution is 2.44. The van der Waals surface area contributed by atoms with Gasteiger partial charge in [0.1, 0.15) is 11.2 Å². The van der Waals surface area contributed by atoms with Crippen LogP contribution in [-0.4, -0.2) is 0 Å². The second-order valence-corrected chi connectivity index (χ2v) is 14.0. The zero-order valence-corrected chi connectivity index (χ0v) is 28.5. The summed E-state index contributed by atoms with van der Waals surface area (Å²) in [5.74, 6) is 0. The summed E-state index contributed by atoms with van der Waals surface area (Å²) in [5, 5.41) is 4.83. The maximum absolute atomic E-state index is 6.37. The molecule has 10 aromatic rings. The van der Waals surface area contributed by atoms with Gasteiger partial charge in [0, 0.05) is 36.9 Å². The first-order chi connectivity index (χ1) is 25.3. The van der Waals surface area contributed by atoms with Crippen molar-refractivity contribution in [3.05, 3.63) is 188 Å². The molecule has 2 nitrogen and oxygen atoms in total. The highest BCUT2D eigenvalue weighted by molar-refractivity contribution is 7.25. The van der Waals surface area contributed by atoms with Gasteiger partial charge in [0.15, 0.2) is 0 Å². The van der Waals surface area contributed by atoms with Crippen LogP contribution in [0.25, 0.3) is 75.5 Å². The van der Waals surface area contributed by atoms with Gasteiger partial charge in [0.05, 0.1) is 11.1 Å². The van der Waals surface area contributed by atoms with Crippen LogP contribution in [0.3, 0.4) is 0 Å². The van der Waals surface area contributed by atoms with E-state index < -0.39 is 0 Å². The number of hydrogen-bond donors (Lipinski definition) is 0. The van der Waals surface area contributed by atoms with Crippen molar-refractivity contribution in [1.29, 1.82) is 0 Å². The van der Waals surface area contributed by atoms with Gasteiger partial charge < -0.3 is 9.32 Å². The maximum Gasteiger partial charge on any atom is 0.137 e. The van der Waals surface area contributed by atoms with Crippen molar-refractivity contribution in [2.75, 3.05) is 4.90 Å². The van der Waals surface area contributed by atoms with E-state index in [-0.39, 0.29) is 0 Å². The molecule has 0 spiro atoms. The van der Waals surface area contributed by atoms with Gasteiger partial charge in [0.25, 0.3) is 0 Å². The Balaban J connectivity index is 1.09. The molecule has 2 aromatic heterocycles. The monoisotopic (exact) mass is 669 g/mol. The Hall–Kier alpha value is -6.42. The number of para-hydroxylation sites is 1. The lowest BCUT2D eigenvalue weighted by Crippen LogP contribution is -2.10. The standard InChI is InChI=1S/C48H31NOS/c1-2-10-32(11-3-1)33-20-22-34(23-21-33)36-12-8-13-39(30-36)49(43-16-9-18-45-48(43)41-15-4-6-17-44(41)50-45)38-27-24-35(25-28-38)37-26-29-47-42(31-37)40-14-5-7-19-46(40)51-47/h1-31H. The fourth-order valence-electron chi connectivity index (χ4n) is 7.39. The van der Waals surface area contributed by atoms with Gasteiger partial charge in [0.2, 0.25) is 0 Å². The molecule has 0 aliphatic rings. The third-order valence-corrected chi connectivity index (χ3v) is 11.0. The van der Waals surface area contributed by atoms with Crippen molar-refractivity contribution < 1.29 is 4.42 Å². The molecular weight excluding hydrogens is 639 g/mol. The first-order valence-electron chi connectivity index (χ1n) is 17.2. The summed E-state index contributed by atoms with van der Waals surface area (Å²) in [7, 11) is 0. The van der Waals surface area contributed by atoms with Crippen LogP contribution in [0.2, 0.25) is 0 Å². The van der Waals surface area contributed by atoms with E-state index in [2.05, 4.69) is 181 Å². The summed E-state index contributed by atoms with van der Waals surface area (Å²) in [5.41, 5.74) is 12.2. The van der Waals surface area contributed by atoms with E-state index in [9.17, 15) is 0 Å². The van der Waals surface area contributed by atoms with E-state index in [1.54, 1.807) is 0 Å². The summed E-state index contributed by atoms with van der Waals surface area (Å²) in [4.78, 5) is 2.37. The zero-order valence-electron chi connectivity index (χ0n) is 27.7. The molecule has 3 heteroatoms. The normalized spacial score (nSPS) is 11.5. The van der Waals surface area contributed by atoms with E-state index in [1.165, 1.54) is 48.0 Å². The number of hydrogen-bond acceptors (Lipinski definition) is 3. The quantitative estimate of drug-likeness (QED) is 0.175. The topological polar surface area (TPSA) is 16.4 Å². The van der Waals surface area contributed by atoms with Crippen molar-refractivity contribution in [1.82, 2.24) is 0 Å². The summed E-state index contributed by atoms with van der Waals surface area (Å²) in [6.45, 7) is 0. The molecule has 8 aromatic carbocycles. The molecule has 0 bridgehead atoms. The number of thiophene rings is 1. The predicted molar refractivity (Wildman–Crippen MR) is 218 cm³/mol. The molecule has 51 heavy (non-hydrogen) atoms. The fourth-order valence-corrected chi connectivity index (χ4v) is 8.47. The minimum absolute atomic E-state index is 0.874. The fraction of sp³-hybridized carbons (Fsp3) is 0. The molecule has 0 fully saturated rings. The molecule has 2 heterocycles. The molecule has 0 radical (unpaired) electrons. The average molecular weight is 670 g/mol. The summed E-state index contributed by atoms with van der Waals surface area (Å²) in [6.07, 6.45) is 0. The summed E-state index contributed by atoms with van der Waals surface area (Å²) >= 11 is 1.85. The Morgan fingerprint density at radius 3 is 1.75 bits per heavy atom. The minimum atomic E-state index is 0.874. The highest BCUT2D eigenvalue weighted by atomic mass is 32.1. The highest BCUT2D eigenvalue weighted by Gasteiger charge is 2.20. The number of benzene rings is 8. The van der Waals surface area contributed by atoms with Crippen LogP contribution < -0.4 is 4.90 Å². The van der Waals surface area contributed by atoms with Gasteiger partial charge in [-0.25, -0.2) is 0 Å². The molecule has 0 aliphatic carbocycles. The Morgan fingerprint density at radius 2 is 0.922 bits per heavy atom. The Morgan fingerprint density at radius 1 is 0.353 bits per heavy atom. The first kappa shape index (κ1) is 29.5. The van der Waals surface area contributed by atoms with Gasteiger partial charge in [-0.2, -0.15) is 0 Å². The van der Waals surface area contributed by atoms with Crippen LogP contribution in [0, 0.1) is 0 Å². The van der Waals surface area contributed by atoms with Gasteiger partial charge in [-0.1, -0.05) is 127 Å². The second kappa shape index (κ2) is 12.2. The third-order valence-electron chi connectivity index (χ3n) is 9.89. The molecule has 240 valence electrons. The van der Waals surface area contributed by atoms with Crippen LogP contribution in [0.5, 0.6) is 0 Å². The van der Waals surface area contributed by atoms with Crippen LogP contribution in [-0.2, 0) is 0 Å². The van der Waals surface area contributed by atoms with Crippen molar-refractivity contribution in [2.45, 2.75) is 0 Å². The van der Waals surface area contributed by atoms with Crippen LogP contribution in [0.4, 0.5) is 17.1 Å². The average Bonchev–Trinajstić information content (AvgIpc) is 3.77. The van der Waals surface area contributed by atoms with E-state index in [1.807, 2.05) is 23.5 Å². The van der Waals surface area contributed by atoms with E-state index in [4.69, 9.17) is 4.42 Å². The molecule has 0 saturated heterocycles. The minimum Gasteiger partial charge on any atom is -0.456 e. The number of anilines is 3. The van der Waals surface area contributed by atoms with E-state index in [0.29, 0.717) is 0 Å². The molecular formula is C48H31NOS. The Labute approximate surface area is 300 Å². The van der Waals surface area contributed by atoms with Gasteiger partial charge in [-0.05, 0) is 94.0 Å². The van der Waals surface area contributed by atoms with Crippen LogP contribution in [0.1, 0.15) is 0 Å². The Kier molecular flexibility index (Phi) is 7.04. The molecule has 0 N–H and O–H groups in total. The summed E-state index contributed by atoms with van der Waals surface area (Å²) in [6, 6.07) is 67.4. The molecule has 0 amide bonds. The van der Waals surface area contributed by atoms with E-state index in [0.717, 1.165) is 44.6 Å². The van der Waals surface area contributed by atoms with Crippen LogP contribution in [0.15, 0.2) is 192 Å². The molecule has 10 rings (SSSR count). The zero-order chi connectivity index (χ0) is 33.7. The van der Waals surface area contributed by atoms with Gasteiger partial charge in [-0.3, -0.25) is 0 Å². The second-order valence-electron chi connectivity index (χ2n) is 12.9. The molecule has 0 atom stereocenters. The van der Waals surface area contributed by atoms with Crippen molar-refractivity contribution in [3.8, 4) is 33.4 Å². The number of fused-ring (bicyclic) bond motifs is 6. The molecule has 0 unspecified atom stereocenters. The van der Waals surface area contributed by atoms with Crippen molar-refractivity contribution >= 4 is 70.5 Å². The smallest absolute Gasteiger partial charge is 0.137 e. The predicted octanol–water partition coefficient (Wildman–Crippen LogP) is 14.4. The third kappa shape index (κ3) is 5.18. The summed E-state index contributed by atoms with van der Waals surface area (Å²) < 4.78 is 9.01. The van der Waals surface area contributed by atoms with Gasteiger partial charge >= 0.3 is 0 Å². The number of furan rings is 1. The maximum atomic E-state index is 6.37. The number of nitrogens with zero attached hydrogens (tertiary/aromatic N) is 1. The van der Waals surface area contributed by atoms with Crippen molar-refractivity contribution in [3.63, 3.8) is 0 Å². The van der Waals surface area contributed by atoms with Crippen LogP contribution >= 0.6 is 11.3 Å². The lowest BCUT2D eigenvalue weighted by atomic mass is 9.99. The van der Waals surface area contributed by atoms with Crippen molar-refractivity contribution in [2.24, 2.45) is 0 Å². The first-order valence-corrected chi connectivity index (χ1v) is 18.1. The molecule has 0 saturated carbocycles. The molecule has 0 aliphatic heterocycles. The SMILES string of the molecule is c1ccc(-c2ccc(-c3cccc(N(c4ccc(-c5ccc6sc7ccccc7c6c5)cc4)c4cccc5oc6ccccc6c45)c3)cc2)cc1. The lowest BCUT2D eigenvalue weighted by Gasteiger charge is -2.27. The largest absolute Gasteiger partial charge is 0.456 e. The van der Waals surface area contributed by atoms with Gasteiger partial charge in [-0.15, -0.1) is 11.3 Å². The number of rotatable bonds is 6.